The molecule has 1 heterocycles. The van der Waals surface area contributed by atoms with Crippen molar-refractivity contribution in [3.63, 3.8) is 0 Å². The van der Waals surface area contributed by atoms with Gasteiger partial charge in [-0.1, -0.05) is 50.2 Å². The second-order valence-corrected chi connectivity index (χ2v) is 7.73. The van der Waals surface area contributed by atoms with Crippen molar-refractivity contribution in [1.82, 2.24) is 10.6 Å². The molecule has 2 aromatic rings. The predicted molar refractivity (Wildman–Crippen MR) is 123 cm³/mol. The Kier molecular flexibility index (Phi) is 10.2. The Bertz CT molecular complexity index is 644. The van der Waals surface area contributed by atoms with Gasteiger partial charge in [-0.05, 0) is 23.9 Å². The molecule has 0 amide bonds. The molecular formula is C20H30IN3OS. The minimum Gasteiger partial charge on any atom is -0.391 e. The van der Waals surface area contributed by atoms with Crippen LogP contribution in [-0.2, 0) is 11.8 Å². The molecule has 6 heteroatoms. The number of aliphatic hydroxyl groups excluding tert-OH is 1. The second-order valence-electron chi connectivity index (χ2n) is 6.78. The maximum Gasteiger partial charge on any atom is 0.191 e. The summed E-state index contributed by atoms with van der Waals surface area (Å²) in [5.74, 6) is 0.749. The van der Waals surface area contributed by atoms with E-state index in [9.17, 15) is 5.11 Å². The van der Waals surface area contributed by atoms with E-state index in [1.165, 1.54) is 4.88 Å². The zero-order chi connectivity index (χ0) is 18.1. The van der Waals surface area contributed by atoms with E-state index < -0.39 is 6.10 Å². The van der Waals surface area contributed by atoms with Crippen molar-refractivity contribution in [3.05, 3.63) is 58.3 Å². The number of aliphatic hydroxyl groups is 1. The molecule has 0 aliphatic carbocycles. The van der Waals surface area contributed by atoms with Crippen LogP contribution >= 0.6 is 35.3 Å². The number of hydrogen-bond donors (Lipinski definition) is 3. The van der Waals surface area contributed by atoms with E-state index in [2.05, 4.69) is 42.0 Å². The van der Waals surface area contributed by atoms with Crippen molar-refractivity contribution in [2.24, 2.45) is 4.99 Å². The first-order chi connectivity index (χ1) is 12.0. The summed E-state index contributed by atoms with van der Waals surface area (Å²) in [6.45, 7) is 8.41. The smallest absolute Gasteiger partial charge is 0.191 e. The van der Waals surface area contributed by atoms with E-state index in [-0.39, 0.29) is 29.4 Å². The number of halogens is 1. The van der Waals surface area contributed by atoms with Crippen molar-refractivity contribution in [2.45, 2.75) is 38.7 Å². The Labute approximate surface area is 178 Å². The van der Waals surface area contributed by atoms with Crippen LogP contribution in [0, 0.1) is 0 Å². The van der Waals surface area contributed by atoms with E-state index in [0.29, 0.717) is 19.5 Å². The van der Waals surface area contributed by atoms with Crippen molar-refractivity contribution < 1.29 is 5.11 Å². The summed E-state index contributed by atoms with van der Waals surface area (Å²) < 4.78 is 0. The zero-order valence-corrected chi connectivity index (χ0v) is 18.9. The fraction of sp³-hybridized carbons (Fsp3) is 0.450. The Balaban J connectivity index is 0.00000338. The monoisotopic (exact) mass is 487 g/mol. The second kappa shape index (κ2) is 11.6. The lowest BCUT2D eigenvalue weighted by molar-refractivity contribution is 0.177. The third kappa shape index (κ3) is 7.63. The quantitative estimate of drug-likeness (QED) is 0.302. The molecule has 144 valence electrons. The van der Waals surface area contributed by atoms with Crippen LogP contribution in [0.25, 0.3) is 0 Å². The maximum absolute atomic E-state index is 10.3. The Morgan fingerprint density at radius 1 is 1.15 bits per heavy atom. The van der Waals surface area contributed by atoms with Gasteiger partial charge >= 0.3 is 0 Å². The van der Waals surface area contributed by atoms with Gasteiger partial charge in [0.2, 0.25) is 0 Å². The average Bonchev–Trinajstić information content (AvgIpc) is 3.14. The lowest BCUT2D eigenvalue weighted by Gasteiger charge is -2.22. The van der Waals surface area contributed by atoms with E-state index in [1.807, 2.05) is 37.3 Å². The van der Waals surface area contributed by atoms with E-state index >= 15 is 0 Å². The minimum absolute atomic E-state index is 0. The van der Waals surface area contributed by atoms with Crippen LogP contribution in [0.4, 0.5) is 0 Å². The SMILES string of the molecule is CCNC(=NCC(C)(C)c1cccs1)NCC(O)Cc1ccccc1.I. The highest BCUT2D eigenvalue weighted by Crippen LogP contribution is 2.27. The van der Waals surface area contributed by atoms with Gasteiger partial charge in [-0.15, -0.1) is 35.3 Å². The third-order valence-corrected chi connectivity index (χ3v) is 5.22. The number of nitrogens with one attached hydrogen (secondary N) is 2. The maximum atomic E-state index is 10.3. The lowest BCUT2D eigenvalue weighted by Crippen LogP contribution is -2.42. The molecule has 0 aliphatic rings. The summed E-state index contributed by atoms with van der Waals surface area (Å²) in [4.78, 5) is 6.04. The summed E-state index contributed by atoms with van der Waals surface area (Å²) >= 11 is 1.76. The number of aliphatic imine (C=N–C) groups is 1. The van der Waals surface area contributed by atoms with Gasteiger partial charge in [-0.3, -0.25) is 4.99 Å². The molecule has 3 N–H and O–H groups in total. The van der Waals surface area contributed by atoms with Crippen LogP contribution in [0.2, 0.25) is 0 Å². The van der Waals surface area contributed by atoms with Gasteiger partial charge in [0.1, 0.15) is 0 Å². The molecule has 1 unspecified atom stereocenters. The Morgan fingerprint density at radius 3 is 2.50 bits per heavy atom. The van der Waals surface area contributed by atoms with Crippen molar-refractivity contribution in [3.8, 4) is 0 Å². The molecule has 0 bridgehead atoms. The van der Waals surface area contributed by atoms with Gasteiger partial charge in [0.25, 0.3) is 0 Å². The highest BCUT2D eigenvalue weighted by molar-refractivity contribution is 14.0. The highest BCUT2D eigenvalue weighted by Gasteiger charge is 2.21. The average molecular weight is 487 g/mol. The van der Waals surface area contributed by atoms with E-state index in [0.717, 1.165) is 18.1 Å². The first kappa shape index (κ1) is 22.9. The van der Waals surface area contributed by atoms with Gasteiger partial charge in [-0.2, -0.15) is 0 Å². The largest absolute Gasteiger partial charge is 0.391 e. The molecule has 0 saturated carbocycles. The number of nitrogens with zero attached hydrogens (tertiary/aromatic N) is 1. The first-order valence-corrected chi connectivity index (χ1v) is 9.67. The fourth-order valence-electron chi connectivity index (χ4n) is 2.53. The molecule has 0 fully saturated rings. The zero-order valence-electron chi connectivity index (χ0n) is 15.7. The molecule has 0 radical (unpaired) electrons. The van der Waals surface area contributed by atoms with Crippen LogP contribution in [0.1, 0.15) is 31.2 Å². The van der Waals surface area contributed by atoms with Crippen LogP contribution < -0.4 is 10.6 Å². The molecular weight excluding hydrogens is 457 g/mol. The molecule has 0 aliphatic heterocycles. The molecule has 26 heavy (non-hydrogen) atoms. The van der Waals surface area contributed by atoms with Crippen molar-refractivity contribution in [1.29, 1.82) is 0 Å². The van der Waals surface area contributed by atoms with Crippen molar-refractivity contribution >= 4 is 41.3 Å². The van der Waals surface area contributed by atoms with Crippen molar-refractivity contribution in [2.75, 3.05) is 19.6 Å². The number of thiophene rings is 1. The minimum atomic E-state index is -0.448. The van der Waals surface area contributed by atoms with E-state index in [4.69, 9.17) is 4.99 Å². The van der Waals surface area contributed by atoms with Gasteiger partial charge in [-0.25, -0.2) is 0 Å². The van der Waals surface area contributed by atoms with Crippen LogP contribution in [0.15, 0.2) is 52.8 Å². The first-order valence-electron chi connectivity index (χ1n) is 8.79. The molecule has 1 aromatic carbocycles. The van der Waals surface area contributed by atoms with Crippen LogP contribution in [0.5, 0.6) is 0 Å². The number of rotatable bonds is 8. The Hall–Kier alpha value is -1.12. The molecule has 0 saturated heterocycles. The molecule has 4 nitrogen and oxygen atoms in total. The van der Waals surface area contributed by atoms with Gasteiger partial charge < -0.3 is 15.7 Å². The van der Waals surface area contributed by atoms with E-state index in [1.54, 1.807) is 11.3 Å². The fourth-order valence-corrected chi connectivity index (χ4v) is 3.38. The van der Waals surface area contributed by atoms with Gasteiger partial charge in [0.05, 0.1) is 12.6 Å². The molecule has 2 rings (SSSR count). The predicted octanol–water partition coefficient (Wildman–Crippen LogP) is 3.80. The summed E-state index contributed by atoms with van der Waals surface area (Å²) in [7, 11) is 0. The number of guanidine groups is 1. The molecule has 0 spiro atoms. The molecule has 1 atom stereocenters. The summed E-state index contributed by atoms with van der Waals surface area (Å²) in [6.07, 6.45) is 0.185. The standard InChI is InChI=1S/C20H29N3OS.HI/c1-4-21-19(23-15-20(2,3)18-11-8-12-25-18)22-14-17(24)13-16-9-6-5-7-10-16;/h5-12,17,24H,4,13-15H2,1-3H3,(H2,21,22,23);1H. The Morgan fingerprint density at radius 2 is 1.88 bits per heavy atom. The number of hydrogen-bond acceptors (Lipinski definition) is 3. The van der Waals surface area contributed by atoms with Crippen LogP contribution in [0.3, 0.4) is 0 Å². The topological polar surface area (TPSA) is 56.7 Å². The summed E-state index contributed by atoms with van der Waals surface area (Å²) in [5.41, 5.74) is 1.14. The third-order valence-electron chi connectivity index (χ3n) is 3.98. The molecule has 1 aromatic heterocycles. The summed E-state index contributed by atoms with van der Waals surface area (Å²) in [6, 6.07) is 14.3. The number of benzene rings is 1. The normalized spacial score (nSPS) is 13.0. The lowest BCUT2D eigenvalue weighted by atomic mass is 9.92. The summed E-state index contributed by atoms with van der Waals surface area (Å²) in [5, 5.41) is 18.9. The van der Waals surface area contributed by atoms with Gasteiger partial charge in [0.15, 0.2) is 5.96 Å². The van der Waals surface area contributed by atoms with Crippen LogP contribution in [-0.4, -0.2) is 36.8 Å². The highest BCUT2D eigenvalue weighted by atomic mass is 127. The van der Waals surface area contributed by atoms with Gasteiger partial charge in [0, 0.05) is 29.8 Å².